The first-order valence-corrected chi connectivity index (χ1v) is 6.12. The van der Waals surface area contributed by atoms with Crippen molar-refractivity contribution in [3.05, 3.63) is 22.5 Å². The van der Waals surface area contributed by atoms with Crippen LogP contribution in [0.5, 0.6) is 0 Å². The van der Waals surface area contributed by atoms with Gasteiger partial charge in [0, 0.05) is 19.1 Å². The number of hydrogen-bond donors (Lipinski definition) is 2. The number of aromatic nitrogens is 2. The lowest BCUT2D eigenvalue weighted by atomic mass is 10.3. The van der Waals surface area contributed by atoms with Crippen molar-refractivity contribution in [2.24, 2.45) is 0 Å². The molecule has 0 aliphatic carbocycles. The highest BCUT2D eigenvalue weighted by molar-refractivity contribution is 5.20. The third-order valence-corrected chi connectivity index (χ3v) is 2.93. The molecule has 1 aromatic heterocycles. The number of hydrogen-bond acceptors (Lipinski definition) is 6. The molecule has 0 bridgehead atoms. The molecule has 0 aliphatic rings. The minimum atomic E-state index is -0.631. The Hall–Kier alpha value is -1.51. The topological polar surface area (TPSA) is 96.5 Å². The fraction of sp³-hybridized carbons (Fsp3) is 0.727. The number of rotatable bonds is 8. The van der Waals surface area contributed by atoms with Crippen LogP contribution >= 0.6 is 0 Å². The van der Waals surface area contributed by atoms with Crippen LogP contribution < -0.4 is 5.32 Å². The van der Waals surface area contributed by atoms with E-state index in [-0.39, 0.29) is 12.2 Å². The maximum atomic E-state index is 10.5. The summed E-state index contributed by atoms with van der Waals surface area (Å²) in [6, 6.07) is 0.373. The Morgan fingerprint density at radius 2 is 2.26 bits per heavy atom. The van der Waals surface area contributed by atoms with Crippen molar-refractivity contribution in [1.82, 2.24) is 20.0 Å². The predicted octanol–water partition coefficient (Wildman–Crippen LogP) is -0.308. The molecule has 1 rings (SSSR count). The molecule has 0 saturated heterocycles. The van der Waals surface area contributed by atoms with Gasteiger partial charge in [-0.2, -0.15) is 5.10 Å². The second-order valence-electron chi connectivity index (χ2n) is 4.80. The van der Waals surface area contributed by atoms with Gasteiger partial charge in [0.1, 0.15) is 12.4 Å². The molecule has 2 atom stereocenters. The Kier molecular flexibility index (Phi) is 5.87. The van der Waals surface area contributed by atoms with Crippen LogP contribution in [0, 0.1) is 10.1 Å². The monoisotopic (exact) mass is 271 g/mol. The van der Waals surface area contributed by atoms with Crippen molar-refractivity contribution in [2.75, 3.05) is 27.2 Å². The summed E-state index contributed by atoms with van der Waals surface area (Å²) in [5.74, 6) is 0. The Bertz CT molecular complexity index is 407. The standard InChI is InChI=1S/C11H21N5O3/c1-9(14(2)3)4-12-6-11(17)8-15-7-10(5-13-15)16(18)19/h5,7,9,11-12,17H,4,6,8H2,1-3H3. The summed E-state index contributed by atoms with van der Waals surface area (Å²) < 4.78 is 1.37. The van der Waals surface area contributed by atoms with E-state index >= 15 is 0 Å². The van der Waals surface area contributed by atoms with Gasteiger partial charge in [-0.15, -0.1) is 0 Å². The van der Waals surface area contributed by atoms with Gasteiger partial charge < -0.3 is 15.3 Å². The number of likely N-dealkylation sites (N-methyl/N-ethyl adjacent to an activating group) is 1. The van der Waals surface area contributed by atoms with Gasteiger partial charge in [-0.25, -0.2) is 0 Å². The molecule has 0 aliphatic heterocycles. The molecular weight excluding hydrogens is 250 g/mol. The Labute approximate surface area is 112 Å². The molecule has 0 saturated carbocycles. The van der Waals surface area contributed by atoms with Crippen LogP contribution in [0.1, 0.15) is 6.92 Å². The summed E-state index contributed by atoms with van der Waals surface area (Å²) in [6.07, 6.45) is 1.86. The average molecular weight is 271 g/mol. The Balaban J connectivity index is 2.30. The largest absolute Gasteiger partial charge is 0.390 e. The van der Waals surface area contributed by atoms with Crippen LogP contribution in [0.3, 0.4) is 0 Å². The van der Waals surface area contributed by atoms with E-state index in [0.29, 0.717) is 12.6 Å². The molecule has 8 heteroatoms. The van der Waals surface area contributed by atoms with Crippen LogP contribution in [0.4, 0.5) is 5.69 Å². The minimum absolute atomic E-state index is 0.0682. The van der Waals surface area contributed by atoms with E-state index in [1.807, 2.05) is 14.1 Å². The molecule has 2 N–H and O–H groups in total. The third-order valence-electron chi connectivity index (χ3n) is 2.93. The molecule has 0 spiro atoms. The second kappa shape index (κ2) is 7.17. The van der Waals surface area contributed by atoms with Crippen LogP contribution in [0.25, 0.3) is 0 Å². The zero-order chi connectivity index (χ0) is 14.4. The van der Waals surface area contributed by atoms with Gasteiger partial charge in [0.15, 0.2) is 0 Å². The summed E-state index contributed by atoms with van der Waals surface area (Å²) in [7, 11) is 3.98. The molecule has 0 radical (unpaired) electrons. The summed E-state index contributed by atoms with van der Waals surface area (Å²) >= 11 is 0. The molecule has 19 heavy (non-hydrogen) atoms. The molecule has 0 fully saturated rings. The van der Waals surface area contributed by atoms with Crippen molar-refractivity contribution in [2.45, 2.75) is 25.6 Å². The smallest absolute Gasteiger partial charge is 0.306 e. The average Bonchev–Trinajstić information content (AvgIpc) is 2.77. The summed E-state index contributed by atoms with van der Waals surface area (Å²) in [6.45, 7) is 3.50. The fourth-order valence-electron chi connectivity index (χ4n) is 1.47. The van der Waals surface area contributed by atoms with Gasteiger partial charge in [0.2, 0.25) is 0 Å². The van der Waals surface area contributed by atoms with Crippen molar-refractivity contribution < 1.29 is 10.0 Å². The van der Waals surface area contributed by atoms with E-state index in [4.69, 9.17) is 0 Å². The molecule has 8 nitrogen and oxygen atoms in total. The van der Waals surface area contributed by atoms with E-state index in [9.17, 15) is 15.2 Å². The first-order valence-electron chi connectivity index (χ1n) is 6.12. The van der Waals surface area contributed by atoms with E-state index < -0.39 is 11.0 Å². The van der Waals surface area contributed by atoms with E-state index in [1.165, 1.54) is 17.1 Å². The van der Waals surface area contributed by atoms with Gasteiger partial charge >= 0.3 is 5.69 Å². The first-order chi connectivity index (χ1) is 8.90. The highest BCUT2D eigenvalue weighted by atomic mass is 16.6. The van der Waals surface area contributed by atoms with E-state index in [1.54, 1.807) is 0 Å². The van der Waals surface area contributed by atoms with Crippen LogP contribution in [-0.4, -0.2) is 64.0 Å². The predicted molar refractivity (Wildman–Crippen MR) is 70.9 cm³/mol. The third kappa shape index (κ3) is 5.33. The molecule has 108 valence electrons. The fourth-order valence-corrected chi connectivity index (χ4v) is 1.47. The number of nitrogens with zero attached hydrogens (tertiary/aromatic N) is 4. The summed E-state index contributed by atoms with van der Waals surface area (Å²) in [5.41, 5.74) is -0.0682. The lowest BCUT2D eigenvalue weighted by molar-refractivity contribution is -0.385. The maximum absolute atomic E-state index is 10.5. The number of aliphatic hydroxyl groups excluding tert-OH is 1. The van der Waals surface area contributed by atoms with Crippen LogP contribution in [0.2, 0.25) is 0 Å². The highest BCUT2D eigenvalue weighted by Crippen LogP contribution is 2.07. The van der Waals surface area contributed by atoms with Crippen LogP contribution in [0.15, 0.2) is 12.4 Å². The number of nitrogens with one attached hydrogen (secondary N) is 1. The van der Waals surface area contributed by atoms with E-state index in [2.05, 4.69) is 22.2 Å². The first kappa shape index (κ1) is 15.5. The highest BCUT2D eigenvalue weighted by Gasteiger charge is 2.12. The van der Waals surface area contributed by atoms with Gasteiger partial charge in [-0.3, -0.25) is 14.8 Å². The molecule has 1 aromatic rings. The molecule has 1 heterocycles. The zero-order valence-corrected chi connectivity index (χ0v) is 11.5. The second-order valence-corrected chi connectivity index (χ2v) is 4.80. The number of aliphatic hydroxyl groups is 1. The van der Waals surface area contributed by atoms with Gasteiger partial charge in [0.05, 0.1) is 17.6 Å². The quantitative estimate of drug-likeness (QED) is 0.497. The Morgan fingerprint density at radius 1 is 1.58 bits per heavy atom. The normalized spacial score (nSPS) is 14.6. The lowest BCUT2D eigenvalue weighted by Crippen LogP contribution is -2.39. The Morgan fingerprint density at radius 3 is 2.79 bits per heavy atom. The number of nitro groups is 1. The van der Waals surface area contributed by atoms with Gasteiger partial charge in [-0.05, 0) is 21.0 Å². The minimum Gasteiger partial charge on any atom is -0.390 e. The van der Waals surface area contributed by atoms with Gasteiger partial charge in [-0.1, -0.05) is 0 Å². The lowest BCUT2D eigenvalue weighted by Gasteiger charge is -2.21. The molecule has 0 aromatic carbocycles. The SMILES string of the molecule is CC(CNCC(O)Cn1cc([N+](=O)[O-])cn1)N(C)C. The summed E-state index contributed by atoms with van der Waals surface area (Å²) in [5, 5.41) is 27.3. The van der Waals surface area contributed by atoms with E-state index in [0.717, 1.165) is 6.54 Å². The molecule has 0 amide bonds. The van der Waals surface area contributed by atoms with Crippen molar-refractivity contribution in [1.29, 1.82) is 0 Å². The van der Waals surface area contributed by atoms with Crippen molar-refractivity contribution in [3.63, 3.8) is 0 Å². The van der Waals surface area contributed by atoms with Crippen LogP contribution in [-0.2, 0) is 6.54 Å². The zero-order valence-electron chi connectivity index (χ0n) is 11.5. The summed E-state index contributed by atoms with van der Waals surface area (Å²) in [4.78, 5) is 12.1. The van der Waals surface area contributed by atoms with Crippen molar-refractivity contribution in [3.8, 4) is 0 Å². The maximum Gasteiger partial charge on any atom is 0.306 e. The van der Waals surface area contributed by atoms with Crippen molar-refractivity contribution >= 4 is 5.69 Å². The molecular formula is C11H21N5O3. The molecule has 2 unspecified atom stereocenters. The van der Waals surface area contributed by atoms with Gasteiger partial charge in [0.25, 0.3) is 0 Å².